The molecule has 1 unspecified atom stereocenters. The van der Waals surface area contributed by atoms with Crippen molar-refractivity contribution in [2.75, 3.05) is 26.0 Å². The number of fused-ring (bicyclic) bond motifs is 1. The van der Waals surface area contributed by atoms with E-state index in [2.05, 4.69) is 45.3 Å². The van der Waals surface area contributed by atoms with Gasteiger partial charge < -0.3 is 10.1 Å². The van der Waals surface area contributed by atoms with Gasteiger partial charge in [0.2, 0.25) is 5.91 Å². The largest absolute Gasteiger partial charge is 0.383 e. The number of hydrogen-bond donors (Lipinski definition) is 1. The molecule has 158 valence electrons. The lowest BCUT2D eigenvalue weighted by Gasteiger charge is -2.14. The number of benzene rings is 2. The quantitative estimate of drug-likeness (QED) is 0.365. The summed E-state index contributed by atoms with van der Waals surface area (Å²) in [5.41, 5.74) is 1.65. The topological polar surface area (TPSA) is 73.2 Å². The van der Waals surface area contributed by atoms with Gasteiger partial charge in [-0.05, 0) is 29.7 Å². The van der Waals surface area contributed by atoms with Crippen LogP contribution in [-0.4, -0.2) is 41.5 Å². The Balaban J connectivity index is 1.70. The van der Waals surface area contributed by atoms with Gasteiger partial charge in [-0.25, -0.2) is 4.98 Å². The van der Waals surface area contributed by atoms with Crippen molar-refractivity contribution >= 4 is 44.5 Å². The molecule has 8 heteroatoms. The SMILES string of the molecule is COCCn1c(SCC(=O)NCC(C)c2ccccc2)nc2ccc(Br)cc2c1=O. The number of nitrogens with zero attached hydrogens (tertiary/aromatic N) is 2. The molecule has 1 N–H and O–H groups in total. The predicted molar refractivity (Wildman–Crippen MR) is 124 cm³/mol. The molecule has 6 nitrogen and oxygen atoms in total. The third-order valence-electron chi connectivity index (χ3n) is 4.71. The Bertz CT molecular complexity index is 1070. The van der Waals surface area contributed by atoms with Crippen LogP contribution < -0.4 is 10.9 Å². The summed E-state index contributed by atoms with van der Waals surface area (Å²) >= 11 is 4.66. The first-order chi connectivity index (χ1) is 14.5. The normalized spacial score (nSPS) is 12.1. The Labute approximate surface area is 188 Å². The molecule has 0 saturated heterocycles. The minimum Gasteiger partial charge on any atom is -0.383 e. The molecular formula is C22H24BrN3O3S. The molecule has 1 amide bonds. The average Bonchev–Trinajstić information content (AvgIpc) is 2.76. The Morgan fingerprint density at radius 2 is 2.03 bits per heavy atom. The first-order valence-corrected chi connectivity index (χ1v) is 11.4. The van der Waals surface area contributed by atoms with Crippen LogP contribution >= 0.6 is 27.7 Å². The van der Waals surface area contributed by atoms with Crippen LogP contribution in [0.2, 0.25) is 0 Å². The van der Waals surface area contributed by atoms with Crippen molar-refractivity contribution in [3.63, 3.8) is 0 Å². The zero-order chi connectivity index (χ0) is 21.5. The number of ether oxygens (including phenoxy) is 1. The van der Waals surface area contributed by atoms with Crippen molar-refractivity contribution in [3.05, 3.63) is 68.9 Å². The first kappa shape index (κ1) is 22.5. The van der Waals surface area contributed by atoms with E-state index in [1.54, 1.807) is 23.8 Å². The van der Waals surface area contributed by atoms with Gasteiger partial charge in [0, 0.05) is 18.1 Å². The van der Waals surface area contributed by atoms with Crippen molar-refractivity contribution in [1.29, 1.82) is 0 Å². The van der Waals surface area contributed by atoms with Crippen molar-refractivity contribution in [1.82, 2.24) is 14.9 Å². The van der Waals surface area contributed by atoms with E-state index in [1.165, 1.54) is 17.3 Å². The highest BCUT2D eigenvalue weighted by molar-refractivity contribution is 9.10. The molecule has 1 atom stereocenters. The van der Waals surface area contributed by atoms with Gasteiger partial charge in [0.25, 0.3) is 5.56 Å². The Hall–Kier alpha value is -2.16. The van der Waals surface area contributed by atoms with E-state index in [4.69, 9.17) is 4.74 Å². The summed E-state index contributed by atoms with van der Waals surface area (Å²) in [6.45, 7) is 3.39. The maximum absolute atomic E-state index is 13.0. The molecule has 3 rings (SSSR count). The maximum atomic E-state index is 13.0. The van der Waals surface area contributed by atoms with E-state index >= 15 is 0 Å². The fourth-order valence-electron chi connectivity index (χ4n) is 3.01. The van der Waals surface area contributed by atoms with E-state index in [9.17, 15) is 9.59 Å². The second-order valence-corrected chi connectivity index (χ2v) is 8.77. The standard InChI is InChI=1S/C22H24BrN3O3S/c1-15(16-6-4-3-5-7-16)13-24-20(27)14-30-22-25-19-9-8-17(23)12-18(19)21(28)26(22)10-11-29-2/h3-9,12,15H,10-11,13-14H2,1-2H3,(H,24,27). The van der Waals surface area contributed by atoms with Gasteiger partial charge >= 0.3 is 0 Å². The van der Waals surface area contributed by atoms with Gasteiger partial charge in [0.15, 0.2) is 5.16 Å². The summed E-state index contributed by atoms with van der Waals surface area (Å²) in [5.74, 6) is 0.312. The molecule has 30 heavy (non-hydrogen) atoms. The minimum atomic E-state index is -0.140. The van der Waals surface area contributed by atoms with Gasteiger partial charge in [-0.1, -0.05) is 64.9 Å². The van der Waals surface area contributed by atoms with Crippen LogP contribution in [0.3, 0.4) is 0 Å². The van der Waals surface area contributed by atoms with E-state index in [0.29, 0.717) is 35.8 Å². The van der Waals surface area contributed by atoms with Crippen molar-refractivity contribution < 1.29 is 9.53 Å². The number of nitrogens with one attached hydrogen (secondary N) is 1. The highest BCUT2D eigenvalue weighted by Crippen LogP contribution is 2.21. The first-order valence-electron chi connectivity index (χ1n) is 9.63. The highest BCUT2D eigenvalue weighted by Gasteiger charge is 2.14. The Morgan fingerprint density at radius 3 is 2.77 bits per heavy atom. The third kappa shape index (κ3) is 5.71. The van der Waals surface area contributed by atoms with E-state index in [1.807, 2.05) is 24.3 Å². The summed E-state index contributed by atoms with van der Waals surface area (Å²) in [4.78, 5) is 30.0. The zero-order valence-electron chi connectivity index (χ0n) is 16.9. The van der Waals surface area contributed by atoms with Crippen LogP contribution in [-0.2, 0) is 16.1 Å². The molecule has 3 aromatic rings. The lowest BCUT2D eigenvalue weighted by Crippen LogP contribution is -2.30. The number of carbonyl (C=O) groups excluding carboxylic acids is 1. The summed E-state index contributed by atoms with van der Waals surface area (Å²) in [7, 11) is 1.59. The molecular weight excluding hydrogens is 466 g/mol. The summed E-state index contributed by atoms with van der Waals surface area (Å²) in [5, 5.41) is 4.01. The predicted octanol–water partition coefficient (Wildman–Crippen LogP) is 3.82. The van der Waals surface area contributed by atoms with Crippen LogP contribution in [0.4, 0.5) is 0 Å². The van der Waals surface area contributed by atoms with Crippen LogP contribution in [0.15, 0.2) is 63.0 Å². The van der Waals surface area contributed by atoms with E-state index in [-0.39, 0.29) is 23.1 Å². The number of methoxy groups -OCH3 is 1. The van der Waals surface area contributed by atoms with Crippen LogP contribution in [0.1, 0.15) is 18.4 Å². The lowest BCUT2D eigenvalue weighted by atomic mass is 10.0. The summed E-state index contributed by atoms with van der Waals surface area (Å²) in [6.07, 6.45) is 0. The fraction of sp³-hybridized carbons (Fsp3) is 0.318. The summed E-state index contributed by atoms with van der Waals surface area (Å²) in [6, 6.07) is 15.5. The number of amides is 1. The highest BCUT2D eigenvalue weighted by atomic mass is 79.9. The number of hydrogen-bond acceptors (Lipinski definition) is 5. The van der Waals surface area contributed by atoms with Crippen LogP contribution in [0.25, 0.3) is 10.9 Å². The number of aromatic nitrogens is 2. The monoisotopic (exact) mass is 489 g/mol. The molecule has 1 aromatic heterocycles. The number of rotatable bonds is 9. The molecule has 2 aromatic carbocycles. The van der Waals surface area contributed by atoms with Crippen molar-refractivity contribution in [2.45, 2.75) is 24.5 Å². The van der Waals surface area contributed by atoms with Gasteiger partial charge in [0.1, 0.15) is 0 Å². The molecule has 0 saturated carbocycles. The molecule has 0 radical (unpaired) electrons. The minimum absolute atomic E-state index is 0.0915. The molecule has 0 aliphatic rings. The van der Waals surface area contributed by atoms with Crippen LogP contribution in [0.5, 0.6) is 0 Å². The molecule has 0 fully saturated rings. The van der Waals surface area contributed by atoms with Gasteiger partial charge in [-0.3, -0.25) is 14.2 Å². The second kappa shape index (κ2) is 10.7. The molecule has 0 bridgehead atoms. The van der Waals surface area contributed by atoms with E-state index < -0.39 is 0 Å². The number of carbonyl (C=O) groups is 1. The molecule has 0 aliphatic carbocycles. The smallest absolute Gasteiger partial charge is 0.262 e. The average molecular weight is 490 g/mol. The van der Waals surface area contributed by atoms with Crippen molar-refractivity contribution in [2.24, 2.45) is 0 Å². The lowest BCUT2D eigenvalue weighted by molar-refractivity contribution is -0.118. The summed E-state index contributed by atoms with van der Waals surface area (Å²) < 4.78 is 7.53. The van der Waals surface area contributed by atoms with Gasteiger partial charge in [-0.2, -0.15) is 0 Å². The second-order valence-electron chi connectivity index (χ2n) is 6.91. The number of halogens is 1. The van der Waals surface area contributed by atoms with Gasteiger partial charge in [0.05, 0.1) is 29.8 Å². The molecule has 1 heterocycles. The van der Waals surface area contributed by atoms with Gasteiger partial charge in [-0.15, -0.1) is 0 Å². The number of thioether (sulfide) groups is 1. The zero-order valence-corrected chi connectivity index (χ0v) is 19.3. The fourth-order valence-corrected chi connectivity index (χ4v) is 4.23. The molecule has 0 spiro atoms. The third-order valence-corrected chi connectivity index (χ3v) is 6.18. The van der Waals surface area contributed by atoms with E-state index in [0.717, 1.165) is 4.47 Å². The Morgan fingerprint density at radius 1 is 1.27 bits per heavy atom. The van der Waals surface area contributed by atoms with Crippen molar-refractivity contribution in [3.8, 4) is 0 Å². The maximum Gasteiger partial charge on any atom is 0.262 e. The van der Waals surface area contributed by atoms with Crippen LogP contribution in [0, 0.1) is 0 Å². The Kier molecular flexibility index (Phi) is 8.07. The molecule has 0 aliphatic heterocycles.